The fraction of sp³-hybridized carbons (Fsp3) is 0.111. The van der Waals surface area contributed by atoms with Gasteiger partial charge in [-0.05, 0) is 12.1 Å². The van der Waals surface area contributed by atoms with Crippen LogP contribution in [0.4, 0.5) is 0 Å². The normalized spacial score (nSPS) is 9.56. The molecule has 1 aromatic heterocycles. The molecule has 0 atom stereocenters. The molecule has 7 heteroatoms. The molecule has 0 aromatic carbocycles. The zero-order valence-electron chi connectivity index (χ0n) is 8.13. The van der Waals surface area contributed by atoms with Gasteiger partial charge in [0.15, 0.2) is 0 Å². The van der Waals surface area contributed by atoms with Crippen molar-refractivity contribution in [2.75, 3.05) is 7.11 Å². The van der Waals surface area contributed by atoms with E-state index in [1.807, 2.05) is 0 Å². The molecule has 0 spiro atoms. The molecule has 0 amide bonds. The van der Waals surface area contributed by atoms with E-state index in [2.05, 4.69) is 9.72 Å². The summed E-state index contributed by atoms with van der Waals surface area (Å²) in [6.45, 7) is 0. The lowest BCUT2D eigenvalue weighted by Gasteiger charge is -2.02. The van der Waals surface area contributed by atoms with Gasteiger partial charge in [-0.1, -0.05) is 0 Å². The molecule has 84 valence electrons. The summed E-state index contributed by atoms with van der Waals surface area (Å²) in [5.41, 5.74) is -1.23. The number of carboxylic acids is 2. The van der Waals surface area contributed by atoms with Gasteiger partial charge < -0.3 is 14.9 Å². The number of ether oxygens (including phenoxy) is 1. The van der Waals surface area contributed by atoms with Crippen LogP contribution in [0.3, 0.4) is 0 Å². The highest BCUT2D eigenvalue weighted by molar-refractivity contribution is 5.96. The first-order valence-corrected chi connectivity index (χ1v) is 4.02. The third-order valence-electron chi connectivity index (χ3n) is 1.69. The maximum atomic E-state index is 11.1. The van der Waals surface area contributed by atoms with Gasteiger partial charge in [0, 0.05) is 0 Å². The largest absolute Gasteiger partial charge is 0.478 e. The number of carboxylic acid groups (broad SMARTS) is 2. The summed E-state index contributed by atoms with van der Waals surface area (Å²) >= 11 is 0. The Hall–Kier alpha value is -2.44. The summed E-state index contributed by atoms with van der Waals surface area (Å²) in [7, 11) is 1.08. The Kier molecular flexibility index (Phi) is 3.19. The van der Waals surface area contributed by atoms with Crippen molar-refractivity contribution in [1.29, 1.82) is 0 Å². The molecule has 0 fully saturated rings. The number of carbonyl (C=O) groups is 3. The van der Waals surface area contributed by atoms with Crippen LogP contribution in [-0.4, -0.2) is 40.2 Å². The lowest BCUT2D eigenvalue weighted by molar-refractivity contribution is 0.0593. The predicted octanol–water partition coefficient (Wildman–Crippen LogP) is 0.265. The van der Waals surface area contributed by atoms with Gasteiger partial charge in [-0.3, -0.25) is 0 Å². The molecule has 16 heavy (non-hydrogen) atoms. The molecule has 1 heterocycles. The van der Waals surface area contributed by atoms with E-state index < -0.39 is 23.6 Å². The van der Waals surface area contributed by atoms with E-state index in [-0.39, 0.29) is 11.3 Å². The van der Waals surface area contributed by atoms with Gasteiger partial charge in [0.2, 0.25) is 0 Å². The number of hydrogen-bond donors (Lipinski definition) is 2. The maximum Gasteiger partial charge on any atom is 0.356 e. The number of nitrogens with zero attached hydrogens (tertiary/aromatic N) is 1. The molecule has 0 aliphatic rings. The highest BCUT2D eigenvalue weighted by atomic mass is 16.5. The van der Waals surface area contributed by atoms with E-state index in [1.165, 1.54) is 0 Å². The predicted molar refractivity (Wildman–Crippen MR) is 49.5 cm³/mol. The minimum absolute atomic E-state index is 0.340. The summed E-state index contributed by atoms with van der Waals surface area (Å²) in [6.07, 6.45) is 0. The standard InChI is InChI=1S/C9H7NO6/c1-16-9(15)6-3-4(7(11)12)2-5(10-6)8(13)14/h2-3H,1H3,(H,11,12)(H,13,14). The Balaban J connectivity index is 3.35. The lowest BCUT2D eigenvalue weighted by atomic mass is 10.2. The summed E-state index contributed by atoms with van der Waals surface area (Å²) < 4.78 is 4.32. The molecule has 1 aromatic rings. The molecule has 0 bridgehead atoms. The highest BCUT2D eigenvalue weighted by Gasteiger charge is 2.17. The van der Waals surface area contributed by atoms with Gasteiger partial charge in [0.1, 0.15) is 11.4 Å². The van der Waals surface area contributed by atoms with Gasteiger partial charge >= 0.3 is 17.9 Å². The van der Waals surface area contributed by atoms with Crippen molar-refractivity contribution in [2.24, 2.45) is 0 Å². The van der Waals surface area contributed by atoms with Crippen LogP contribution >= 0.6 is 0 Å². The third-order valence-corrected chi connectivity index (χ3v) is 1.69. The quantitative estimate of drug-likeness (QED) is 0.709. The Labute approximate surface area is 89.3 Å². The van der Waals surface area contributed by atoms with Crippen molar-refractivity contribution in [3.8, 4) is 0 Å². The van der Waals surface area contributed by atoms with Crippen LogP contribution in [0.15, 0.2) is 12.1 Å². The first-order chi connectivity index (χ1) is 7.45. The van der Waals surface area contributed by atoms with Gasteiger partial charge in [-0.25, -0.2) is 19.4 Å². The SMILES string of the molecule is COC(=O)c1cc(C(=O)O)cc(C(=O)O)n1. The average molecular weight is 225 g/mol. The maximum absolute atomic E-state index is 11.1. The van der Waals surface area contributed by atoms with Crippen molar-refractivity contribution in [1.82, 2.24) is 4.98 Å². The fourth-order valence-corrected chi connectivity index (χ4v) is 0.973. The smallest absolute Gasteiger partial charge is 0.356 e. The molecule has 0 saturated carbocycles. The molecule has 0 radical (unpaired) electrons. The van der Waals surface area contributed by atoms with E-state index >= 15 is 0 Å². The van der Waals surface area contributed by atoms with Gasteiger partial charge in [-0.15, -0.1) is 0 Å². The Bertz CT molecular complexity index is 435. The first kappa shape index (κ1) is 11.6. The lowest BCUT2D eigenvalue weighted by Crippen LogP contribution is -2.12. The van der Waals surface area contributed by atoms with Crippen LogP contribution in [0, 0.1) is 0 Å². The molecule has 0 saturated heterocycles. The van der Waals surface area contributed by atoms with Crippen LogP contribution in [0.25, 0.3) is 0 Å². The monoisotopic (exact) mass is 225 g/mol. The van der Waals surface area contributed by atoms with Gasteiger partial charge in [0.25, 0.3) is 0 Å². The summed E-state index contributed by atoms with van der Waals surface area (Å²) in [5.74, 6) is -3.67. The molecule has 7 nitrogen and oxygen atoms in total. The van der Waals surface area contributed by atoms with Crippen LogP contribution in [0.1, 0.15) is 31.3 Å². The van der Waals surface area contributed by atoms with Crippen molar-refractivity contribution in [3.63, 3.8) is 0 Å². The van der Waals surface area contributed by atoms with E-state index in [4.69, 9.17) is 10.2 Å². The number of esters is 1. The summed E-state index contributed by atoms with van der Waals surface area (Å²) in [5, 5.41) is 17.4. The molecule has 0 unspecified atom stereocenters. The zero-order valence-corrected chi connectivity index (χ0v) is 8.13. The highest BCUT2D eigenvalue weighted by Crippen LogP contribution is 2.08. The number of aromatic carboxylic acids is 2. The fourth-order valence-electron chi connectivity index (χ4n) is 0.973. The van der Waals surface area contributed by atoms with Crippen LogP contribution in [0.5, 0.6) is 0 Å². The first-order valence-electron chi connectivity index (χ1n) is 4.02. The molecular weight excluding hydrogens is 218 g/mol. The number of carbonyl (C=O) groups excluding carboxylic acids is 1. The van der Waals surface area contributed by atoms with Crippen LogP contribution < -0.4 is 0 Å². The second-order valence-corrected chi connectivity index (χ2v) is 2.73. The summed E-state index contributed by atoms with van der Waals surface area (Å²) in [4.78, 5) is 35.8. The summed E-state index contributed by atoms with van der Waals surface area (Å²) in [6, 6.07) is 1.80. The molecule has 1 rings (SSSR count). The van der Waals surface area contributed by atoms with E-state index in [9.17, 15) is 14.4 Å². The van der Waals surface area contributed by atoms with Crippen LogP contribution in [0.2, 0.25) is 0 Å². The average Bonchev–Trinajstić information content (AvgIpc) is 2.27. The second kappa shape index (κ2) is 4.39. The Morgan fingerprint density at radius 1 is 1.12 bits per heavy atom. The number of aromatic nitrogens is 1. The number of hydrogen-bond acceptors (Lipinski definition) is 5. The van der Waals surface area contributed by atoms with Crippen LogP contribution in [-0.2, 0) is 4.74 Å². The zero-order chi connectivity index (χ0) is 12.3. The van der Waals surface area contributed by atoms with E-state index in [0.29, 0.717) is 0 Å². The van der Waals surface area contributed by atoms with Crippen molar-refractivity contribution in [2.45, 2.75) is 0 Å². The molecule has 0 aliphatic carbocycles. The third kappa shape index (κ3) is 2.32. The minimum Gasteiger partial charge on any atom is -0.478 e. The van der Waals surface area contributed by atoms with E-state index in [0.717, 1.165) is 19.2 Å². The number of methoxy groups -OCH3 is 1. The second-order valence-electron chi connectivity index (χ2n) is 2.73. The molecular formula is C9H7NO6. The van der Waals surface area contributed by atoms with Gasteiger partial charge in [-0.2, -0.15) is 0 Å². The number of rotatable bonds is 3. The minimum atomic E-state index is -1.42. The molecule has 0 aliphatic heterocycles. The van der Waals surface area contributed by atoms with Crippen molar-refractivity contribution >= 4 is 17.9 Å². The Morgan fingerprint density at radius 2 is 1.69 bits per heavy atom. The van der Waals surface area contributed by atoms with E-state index in [1.54, 1.807) is 0 Å². The Morgan fingerprint density at radius 3 is 2.12 bits per heavy atom. The number of pyridine rings is 1. The van der Waals surface area contributed by atoms with Crippen molar-refractivity contribution in [3.05, 3.63) is 29.1 Å². The van der Waals surface area contributed by atoms with Gasteiger partial charge in [0.05, 0.1) is 12.7 Å². The molecule has 2 N–H and O–H groups in total. The topological polar surface area (TPSA) is 114 Å². The van der Waals surface area contributed by atoms with Crippen molar-refractivity contribution < 1.29 is 29.3 Å².